The van der Waals surface area contributed by atoms with Gasteiger partial charge in [-0.3, -0.25) is 4.79 Å². The summed E-state index contributed by atoms with van der Waals surface area (Å²) in [5, 5.41) is 13.0. The average molecular weight is 404 g/mol. The smallest absolute Gasteiger partial charge is 0.266 e. The van der Waals surface area contributed by atoms with Crippen LogP contribution < -0.4 is 5.32 Å². The summed E-state index contributed by atoms with van der Waals surface area (Å²) in [4.78, 5) is 12.6. The standard InChI is InChI=1S/C24H22ClN3O/c1-4-18-5-9-22(10-6-18)27-24(29)20(15-26)14-19-13-16(2)28(17(19)3)23-11-7-21(25)8-12-23/h5-14H,4H2,1-3H3,(H,27,29)/b20-14-. The molecule has 1 amide bonds. The molecule has 0 bridgehead atoms. The molecule has 0 fully saturated rings. The predicted molar refractivity (Wildman–Crippen MR) is 118 cm³/mol. The van der Waals surface area contributed by atoms with Crippen LogP contribution in [0, 0.1) is 25.2 Å². The van der Waals surface area contributed by atoms with E-state index in [4.69, 9.17) is 11.6 Å². The first-order chi connectivity index (χ1) is 13.9. The third-order valence-electron chi connectivity index (χ3n) is 4.84. The Bertz CT molecular complexity index is 1100. The minimum Gasteiger partial charge on any atom is -0.321 e. The Kier molecular flexibility index (Phi) is 6.21. The van der Waals surface area contributed by atoms with Gasteiger partial charge in [-0.05, 0) is 79.9 Å². The van der Waals surface area contributed by atoms with Gasteiger partial charge in [0.1, 0.15) is 11.6 Å². The van der Waals surface area contributed by atoms with Crippen LogP contribution in [-0.2, 0) is 11.2 Å². The number of halogens is 1. The van der Waals surface area contributed by atoms with E-state index in [9.17, 15) is 10.1 Å². The van der Waals surface area contributed by atoms with Crippen LogP contribution in [0.2, 0.25) is 5.02 Å². The first-order valence-corrected chi connectivity index (χ1v) is 9.77. The molecule has 4 nitrogen and oxygen atoms in total. The molecule has 0 aliphatic heterocycles. The van der Waals surface area contributed by atoms with Crippen molar-refractivity contribution in [1.82, 2.24) is 4.57 Å². The molecule has 146 valence electrons. The molecular weight excluding hydrogens is 382 g/mol. The number of carbonyl (C=O) groups is 1. The summed E-state index contributed by atoms with van der Waals surface area (Å²) < 4.78 is 2.07. The van der Waals surface area contributed by atoms with Crippen molar-refractivity contribution in [3.63, 3.8) is 0 Å². The fourth-order valence-electron chi connectivity index (χ4n) is 3.25. The Morgan fingerprint density at radius 3 is 2.38 bits per heavy atom. The monoisotopic (exact) mass is 403 g/mol. The second-order valence-corrected chi connectivity index (χ2v) is 7.25. The Labute approximate surface area is 176 Å². The number of anilines is 1. The van der Waals surface area contributed by atoms with Crippen molar-refractivity contribution in [1.29, 1.82) is 5.26 Å². The van der Waals surface area contributed by atoms with Crippen LogP contribution in [0.5, 0.6) is 0 Å². The number of nitrogens with zero attached hydrogens (tertiary/aromatic N) is 2. The van der Waals surface area contributed by atoms with E-state index in [1.807, 2.05) is 74.5 Å². The van der Waals surface area contributed by atoms with Gasteiger partial charge >= 0.3 is 0 Å². The molecule has 3 rings (SSSR count). The van der Waals surface area contributed by atoms with Crippen molar-refractivity contribution in [3.05, 3.63) is 87.7 Å². The lowest BCUT2D eigenvalue weighted by Crippen LogP contribution is -2.13. The zero-order valence-corrected chi connectivity index (χ0v) is 17.4. The van der Waals surface area contributed by atoms with Gasteiger partial charge in [-0.1, -0.05) is 30.7 Å². The zero-order valence-electron chi connectivity index (χ0n) is 16.7. The van der Waals surface area contributed by atoms with Crippen LogP contribution in [-0.4, -0.2) is 10.5 Å². The van der Waals surface area contributed by atoms with E-state index < -0.39 is 5.91 Å². The van der Waals surface area contributed by atoms with Crippen LogP contribution in [0.3, 0.4) is 0 Å². The summed E-state index contributed by atoms with van der Waals surface area (Å²) in [5.74, 6) is -0.423. The van der Waals surface area contributed by atoms with E-state index >= 15 is 0 Å². The molecule has 0 spiro atoms. The lowest BCUT2D eigenvalue weighted by atomic mass is 10.1. The number of aromatic nitrogens is 1. The van der Waals surface area contributed by atoms with Gasteiger partial charge in [-0.25, -0.2) is 0 Å². The molecule has 1 aromatic heterocycles. The zero-order chi connectivity index (χ0) is 21.0. The van der Waals surface area contributed by atoms with Gasteiger partial charge in [-0.15, -0.1) is 0 Å². The third kappa shape index (κ3) is 4.59. The van der Waals surface area contributed by atoms with Gasteiger partial charge in [0.15, 0.2) is 0 Å². The second kappa shape index (κ2) is 8.81. The van der Waals surface area contributed by atoms with Gasteiger partial charge in [0.25, 0.3) is 5.91 Å². The predicted octanol–water partition coefficient (Wildman–Crippen LogP) is 5.86. The van der Waals surface area contributed by atoms with Gasteiger partial charge in [0.05, 0.1) is 0 Å². The summed E-state index contributed by atoms with van der Waals surface area (Å²) in [7, 11) is 0. The number of amides is 1. The number of carbonyl (C=O) groups excluding carboxylic acids is 1. The molecule has 0 aliphatic carbocycles. The number of rotatable bonds is 5. The maximum Gasteiger partial charge on any atom is 0.266 e. The molecule has 0 saturated heterocycles. The molecule has 0 saturated carbocycles. The molecule has 2 aromatic carbocycles. The molecule has 1 N–H and O–H groups in total. The molecule has 3 aromatic rings. The van der Waals surface area contributed by atoms with Gasteiger partial charge in [0.2, 0.25) is 0 Å². The van der Waals surface area contributed by atoms with Crippen molar-refractivity contribution in [2.75, 3.05) is 5.32 Å². The Morgan fingerprint density at radius 1 is 1.14 bits per heavy atom. The summed E-state index contributed by atoms with van der Waals surface area (Å²) in [6.45, 7) is 6.02. The third-order valence-corrected chi connectivity index (χ3v) is 5.09. The van der Waals surface area contributed by atoms with Gasteiger partial charge in [-0.2, -0.15) is 5.26 Å². The largest absolute Gasteiger partial charge is 0.321 e. The number of hydrogen-bond acceptors (Lipinski definition) is 2. The van der Waals surface area contributed by atoms with E-state index in [1.54, 1.807) is 6.08 Å². The van der Waals surface area contributed by atoms with Crippen LogP contribution in [0.1, 0.15) is 29.4 Å². The topological polar surface area (TPSA) is 57.8 Å². The van der Waals surface area contributed by atoms with Crippen LogP contribution in [0.4, 0.5) is 5.69 Å². The first-order valence-electron chi connectivity index (χ1n) is 9.40. The Hall–Kier alpha value is -3.29. The first kappa shape index (κ1) is 20.4. The van der Waals surface area contributed by atoms with E-state index in [0.717, 1.165) is 29.1 Å². The quantitative estimate of drug-likeness (QED) is 0.428. The molecule has 0 radical (unpaired) electrons. The lowest BCUT2D eigenvalue weighted by molar-refractivity contribution is -0.112. The van der Waals surface area contributed by atoms with E-state index in [0.29, 0.717) is 10.7 Å². The summed E-state index contributed by atoms with van der Waals surface area (Å²) in [6.07, 6.45) is 2.56. The maximum absolute atomic E-state index is 12.6. The van der Waals surface area contributed by atoms with Crippen LogP contribution >= 0.6 is 11.6 Å². The number of hydrogen-bond donors (Lipinski definition) is 1. The minimum atomic E-state index is -0.423. The fourth-order valence-corrected chi connectivity index (χ4v) is 3.37. The molecule has 5 heteroatoms. The summed E-state index contributed by atoms with van der Waals surface area (Å²) in [6, 6.07) is 19.1. The summed E-state index contributed by atoms with van der Waals surface area (Å²) >= 11 is 5.99. The van der Waals surface area contributed by atoms with E-state index in [1.165, 1.54) is 5.56 Å². The number of benzene rings is 2. The number of aryl methyl sites for hydroxylation is 2. The van der Waals surface area contributed by atoms with Crippen molar-refractivity contribution in [2.45, 2.75) is 27.2 Å². The number of nitrogens with one attached hydrogen (secondary N) is 1. The average Bonchev–Trinajstić information content (AvgIpc) is 3.00. The molecule has 0 aliphatic rings. The highest BCUT2D eigenvalue weighted by molar-refractivity contribution is 6.30. The van der Waals surface area contributed by atoms with E-state index in [-0.39, 0.29) is 5.57 Å². The molecule has 0 unspecified atom stereocenters. The highest BCUT2D eigenvalue weighted by atomic mass is 35.5. The molecule has 29 heavy (non-hydrogen) atoms. The lowest BCUT2D eigenvalue weighted by Gasteiger charge is -2.09. The SMILES string of the molecule is CCc1ccc(NC(=O)/C(C#N)=C\c2cc(C)n(-c3ccc(Cl)cc3)c2C)cc1. The van der Waals surface area contributed by atoms with Gasteiger partial charge in [0, 0.05) is 27.8 Å². The normalized spacial score (nSPS) is 11.2. The van der Waals surface area contributed by atoms with Crippen molar-refractivity contribution in [2.24, 2.45) is 0 Å². The molecule has 1 heterocycles. The highest BCUT2D eigenvalue weighted by Crippen LogP contribution is 2.24. The number of nitriles is 1. The maximum atomic E-state index is 12.6. The fraction of sp³-hybridized carbons (Fsp3) is 0.167. The molecular formula is C24H22ClN3O. The van der Waals surface area contributed by atoms with Crippen LogP contribution in [0.25, 0.3) is 11.8 Å². The Morgan fingerprint density at radius 2 is 1.79 bits per heavy atom. The second-order valence-electron chi connectivity index (χ2n) is 6.81. The molecule has 0 atom stereocenters. The van der Waals surface area contributed by atoms with Crippen molar-refractivity contribution < 1.29 is 4.79 Å². The Balaban J connectivity index is 1.88. The van der Waals surface area contributed by atoms with Gasteiger partial charge < -0.3 is 9.88 Å². The highest BCUT2D eigenvalue weighted by Gasteiger charge is 2.14. The minimum absolute atomic E-state index is 0.0564. The summed E-state index contributed by atoms with van der Waals surface area (Å²) in [5.41, 5.74) is 5.66. The van der Waals surface area contributed by atoms with Crippen molar-refractivity contribution in [3.8, 4) is 11.8 Å². The van der Waals surface area contributed by atoms with Crippen molar-refractivity contribution >= 4 is 29.3 Å². The van der Waals surface area contributed by atoms with Crippen LogP contribution in [0.15, 0.2) is 60.2 Å². The van der Waals surface area contributed by atoms with E-state index in [2.05, 4.69) is 16.8 Å².